The molecule has 3 rings (SSSR count). The Morgan fingerprint density at radius 2 is 1.96 bits per heavy atom. The van der Waals surface area contributed by atoms with Crippen LogP contribution in [0.25, 0.3) is 11.0 Å². The normalized spacial score (nSPS) is 10.3. The van der Waals surface area contributed by atoms with Crippen molar-refractivity contribution < 1.29 is 9.53 Å². The maximum Gasteiger partial charge on any atom is 0.255 e. The second kappa shape index (κ2) is 6.70. The number of carbonyl (C=O) groups excluding carboxylic acids is 1. The van der Waals surface area contributed by atoms with Crippen molar-refractivity contribution in [3.8, 4) is 5.75 Å². The summed E-state index contributed by atoms with van der Waals surface area (Å²) in [5.41, 5.74) is 2.62. The molecule has 0 aliphatic heterocycles. The van der Waals surface area contributed by atoms with E-state index in [0.29, 0.717) is 29.1 Å². The number of fused-ring (bicyclic) bond motifs is 1. The molecular weight excluding hydrogens is 290 g/mol. The highest BCUT2D eigenvalue weighted by molar-refractivity contribution is 6.05. The van der Waals surface area contributed by atoms with E-state index in [1.54, 1.807) is 48.8 Å². The van der Waals surface area contributed by atoms with Gasteiger partial charge in [-0.3, -0.25) is 14.8 Å². The number of nitrogens with one attached hydrogen (secondary N) is 1. The SMILES string of the molecule is C=CCOc1cccc(NC(=O)c2ccc3nccnc3c2)c1. The predicted molar refractivity (Wildman–Crippen MR) is 89.6 cm³/mol. The van der Waals surface area contributed by atoms with Crippen molar-refractivity contribution in [3.05, 3.63) is 73.1 Å². The molecule has 0 radical (unpaired) electrons. The Hall–Kier alpha value is -3.21. The summed E-state index contributed by atoms with van der Waals surface area (Å²) < 4.78 is 5.45. The lowest BCUT2D eigenvalue weighted by Crippen LogP contribution is -2.12. The molecule has 0 unspecified atom stereocenters. The van der Waals surface area contributed by atoms with Gasteiger partial charge in [0.25, 0.3) is 5.91 Å². The van der Waals surface area contributed by atoms with Crippen LogP contribution in [0.1, 0.15) is 10.4 Å². The summed E-state index contributed by atoms with van der Waals surface area (Å²) in [7, 11) is 0. The Morgan fingerprint density at radius 1 is 1.13 bits per heavy atom. The fourth-order valence-corrected chi connectivity index (χ4v) is 2.13. The van der Waals surface area contributed by atoms with Crippen LogP contribution in [0.4, 0.5) is 5.69 Å². The van der Waals surface area contributed by atoms with Gasteiger partial charge in [-0.25, -0.2) is 0 Å². The number of aromatic nitrogens is 2. The van der Waals surface area contributed by atoms with Crippen LogP contribution in [0, 0.1) is 0 Å². The summed E-state index contributed by atoms with van der Waals surface area (Å²) in [6.07, 6.45) is 4.89. The maximum absolute atomic E-state index is 12.4. The van der Waals surface area contributed by atoms with E-state index < -0.39 is 0 Å². The summed E-state index contributed by atoms with van der Waals surface area (Å²) >= 11 is 0. The molecular formula is C18H15N3O2. The zero-order valence-corrected chi connectivity index (χ0v) is 12.4. The summed E-state index contributed by atoms with van der Waals surface area (Å²) in [6.45, 7) is 4.02. The van der Waals surface area contributed by atoms with Gasteiger partial charge >= 0.3 is 0 Å². The lowest BCUT2D eigenvalue weighted by atomic mass is 10.1. The lowest BCUT2D eigenvalue weighted by Gasteiger charge is -2.08. The third-order valence-corrected chi connectivity index (χ3v) is 3.19. The van der Waals surface area contributed by atoms with Crippen LogP contribution in [0.15, 0.2) is 67.5 Å². The zero-order valence-electron chi connectivity index (χ0n) is 12.4. The van der Waals surface area contributed by atoms with E-state index in [4.69, 9.17) is 4.74 Å². The highest BCUT2D eigenvalue weighted by Crippen LogP contribution is 2.19. The number of rotatable bonds is 5. The van der Waals surface area contributed by atoms with E-state index >= 15 is 0 Å². The van der Waals surface area contributed by atoms with Gasteiger partial charge in [0.2, 0.25) is 0 Å². The molecule has 23 heavy (non-hydrogen) atoms. The van der Waals surface area contributed by atoms with Crippen LogP contribution in [-0.4, -0.2) is 22.5 Å². The van der Waals surface area contributed by atoms with Crippen molar-refractivity contribution in [1.29, 1.82) is 0 Å². The van der Waals surface area contributed by atoms with Crippen LogP contribution in [0.3, 0.4) is 0 Å². The van der Waals surface area contributed by atoms with E-state index in [9.17, 15) is 4.79 Å². The second-order valence-corrected chi connectivity index (χ2v) is 4.84. The van der Waals surface area contributed by atoms with Gasteiger partial charge in [-0.05, 0) is 30.3 Å². The minimum atomic E-state index is -0.210. The van der Waals surface area contributed by atoms with Gasteiger partial charge in [0.05, 0.1) is 11.0 Å². The average molecular weight is 305 g/mol. The minimum Gasteiger partial charge on any atom is -0.489 e. The third-order valence-electron chi connectivity index (χ3n) is 3.19. The number of carbonyl (C=O) groups is 1. The van der Waals surface area contributed by atoms with Crippen molar-refractivity contribution in [1.82, 2.24) is 9.97 Å². The average Bonchev–Trinajstić information content (AvgIpc) is 2.60. The number of hydrogen-bond acceptors (Lipinski definition) is 4. The van der Waals surface area contributed by atoms with Crippen molar-refractivity contribution >= 4 is 22.6 Å². The van der Waals surface area contributed by atoms with Crippen LogP contribution < -0.4 is 10.1 Å². The highest BCUT2D eigenvalue weighted by Gasteiger charge is 2.08. The summed E-state index contributed by atoms with van der Waals surface area (Å²) in [5, 5.41) is 2.85. The van der Waals surface area contributed by atoms with Crippen LogP contribution >= 0.6 is 0 Å². The topological polar surface area (TPSA) is 64.1 Å². The Kier molecular flexibility index (Phi) is 4.29. The van der Waals surface area contributed by atoms with Crippen molar-refractivity contribution in [3.63, 3.8) is 0 Å². The summed E-state index contributed by atoms with van der Waals surface area (Å²) in [4.78, 5) is 20.8. The van der Waals surface area contributed by atoms with Crippen molar-refractivity contribution in [2.45, 2.75) is 0 Å². The van der Waals surface area contributed by atoms with Crippen molar-refractivity contribution in [2.24, 2.45) is 0 Å². The van der Waals surface area contributed by atoms with Gasteiger partial charge in [0.15, 0.2) is 0 Å². The van der Waals surface area contributed by atoms with Crippen LogP contribution in [0.5, 0.6) is 5.75 Å². The molecule has 1 aromatic heterocycles. The lowest BCUT2D eigenvalue weighted by molar-refractivity contribution is 0.102. The van der Waals surface area contributed by atoms with E-state index in [2.05, 4.69) is 21.9 Å². The van der Waals surface area contributed by atoms with E-state index in [1.165, 1.54) is 0 Å². The fourth-order valence-electron chi connectivity index (χ4n) is 2.13. The molecule has 0 fully saturated rings. The smallest absolute Gasteiger partial charge is 0.255 e. The fraction of sp³-hybridized carbons (Fsp3) is 0.0556. The number of amides is 1. The Balaban J connectivity index is 1.78. The quantitative estimate of drug-likeness (QED) is 0.733. The Morgan fingerprint density at radius 3 is 2.78 bits per heavy atom. The largest absolute Gasteiger partial charge is 0.489 e. The molecule has 114 valence electrons. The number of ether oxygens (including phenoxy) is 1. The first-order valence-corrected chi connectivity index (χ1v) is 7.12. The number of nitrogens with zero attached hydrogens (tertiary/aromatic N) is 2. The third kappa shape index (κ3) is 3.52. The van der Waals surface area contributed by atoms with Crippen LogP contribution in [-0.2, 0) is 0 Å². The predicted octanol–water partition coefficient (Wildman–Crippen LogP) is 3.45. The number of benzene rings is 2. The molecule has 2 aromatic carbocycles. The van der Waals surface area contributed by atoms with Gasteiger partial charge in [-0.2, -0.15) is 0 Å². The van der Waals surface area contributed by atoms with E-state index in [-0.39, 0.29) is 5.91 Å². The van der Waals surface area contributed by atoms with Gasteiger partial charge in [-0.1, -0.05) is 18.7 Å². The Labute approximate surface area is 133 Å². The Bertz CT molecular complexity index is 862. The molecule has 5 heteroatoms. The molecule has 0 spiro atoms. The first kappa shape index (κ1) is 14.7. The van der Waals surface area contributed by atoms with Gasteiger partial charge < -0.3 is 10.1 Å². The molecule has 1 N–H and O–H groups in total. The van der Waals surface area contributed by atoms with Crippen LogP contribution in [0.2, 0.25) is 0 Å². The molecule has 1 heterocycles. The molecule has 0 saturated carbocycles. The molecule has 0 aliphatic carbocycles. The number of hydrogen-bond donors (Lipinski definition) is 1. The molecule has 0 bridgehead atoms. The molecule has 5 nitrogen and oxygen atoms in total. The van der Waals surface area contributed by atoms with Gasteiger partial charge in [0.1, 0.15) is 12.4 Å². The molecule has 3 aromatic rings. The first-order chi connectivity index (χ1) is 11.3. The van der Waals surface area contributed by atoms with Crippen molar-refractivity contribution in [2.75, 3.05) is 11.9 Å². The number of anilines is 1. The standard InChI is InChI=1S/C18H15N3O2/c1-2-10-23-15-5-3-4-14(12-15)21-18(22)13-6-7-16-17(11-13)20-9-8-19-16/h2-9,11-12H,1,10H2,(H,21,22). The minimum absolute atomic E-state index is 0.210. The van der Waals surface area contributed by atoms with E-state index in [0.717, 1.165) is 5.52 Å². The maximum atomic E-state index is 12.4. The molecule has 1 amide bonds. The first-order valence-electron chi connectivity index (χ1n) is 7.12. The van der Waals surface area contributed by atoms with E-state index in [1.807, 2.05) is 12.1 Å². The van der Waals surface area contributed by atoms with Gasteiger partial charge in [0, 0.05) is 29.7 Å². The molecule has 0 atom stereocenters. The summed E-state index contributed by atoms with van der Waals surface area (Å²) in [5.74, 6) is 0.463. The monoisotopic (exact) mass is 305 g/mol. The highest BCUT2D eigenvalue weighted by atomic mass is 16.5. The van der Waals surface area contributed by atoms with Gasteiger partial charge in [-0.15, -0.1) is 0 Å². The second-order valence-electron chi connectivity index (χ2n) is 4.84. The molecule has 0 aliphatic rings. The zero-order chi connectivity index (χ0) is 16.1. The summed E-state index contributed by atoms with van der Waals surface area (Å²) in [6, 6.07) is 12.4. The molecule has 0 saturated heterocycles.